The average Bonchev–Trinajstić information content (AvgIpc) is 2.61. The van der Waals surface area contributed by atoms with E-state index in [1.807, 2.05) is 30.3 Å². The predicted molar refractivity (Wildman–Crippen MR) is 91.5 cm³/mol. The zero-order valence-corrected chi connectivity index (χ0v) is 13.7. The van der Waals surface area contributed by atoms with Gasteiger partial charge in [-0.15, -0.1) is 0 Å². The molecular weight excluding hydrogens is 324 g/mol. The van der Waals surface area contributed by atoms with Crippen LogP contribution in [0.3, 0.4) is 0 Å². The van der Waals surface area contributed by atoms with Crippen LogP contribution in [0.1, 0.15) is 29.3 Å². The van der Waals surface area contributed by atoms with Gasteiger partial charge in [-0.25, -0.2) is 0 Å². The van der Waals surface area contributed by atoms with Gasteiger partial charge >= 0.3 is 11.7 Å². The molecule has 7 nitrogen and oxygen atoms in total. The Hall–Kier alpha value is -3.22. The monoisotopic (exact) mass is 342 g/mol. The summed E-state index contributed by atoms with van der Waals surface area (Å²) in [4.78, 5) is 34.2. The smallest absolute Gasteiger partial charge is 0.312 e. The van der Waals surface area contributed by atoms with E-state index in [4.69, 9.17) is 4.74 Å². The highest BCUT2D eigenvalue weighted by molar-refractivity contribution is 5.95. The molecule has 2 aromatic carbocycles. The molecule has 1 N–H and O–H groups in total. The Morgan fingerprint density at radius 3 is 2.52 bits per heavy atom. The number of nitrogens with zero attached hydrogens (tertiary/aromatic N) is 1. The Balaban J connectivity index is 2.08. The molecular formula is C18H18N2O5. The van der Waals surface area contributed by atoms with E-state index in [9.17, 15) is 19.7 Å². The Morgan fingerprint density at radius 2 is 1.88 bits per heavy atom. The van der Waals surface area contributed by atoms with Gasteiger partial charge in [-0.05, 0) is 31.0 Å². The second kappa shape index (κ2) is 8.58. The van der Waals surface area contributed by atoms with Crippen LogP contribution in [0.25, 0.3) is 0 Å². The molecule has 0 aromatic heterocycles. The number of aryl methyl sites for hydroxylation is 1. The summed E-state index contributed by atoms with van der Waals surface area (Å²) in [6.07, 6.45) is 0.573. The summed E-state index contributed by atoms with van der Waals surface area (Å²) in [5, 5.41) is 13.8. The molecule has 7 heteroatoms. The summed E-state index contributed by atoms with van der Waals surface area (Å²) in [5.41, 5.74) is 0.690. The fraction of sp³-hybridized carbons (Fsp3) is 0.222. The lowest BCUT2D eigenvalue weighted by Gasteiger charge is -2.07. The number of carbonyl (C=O) groups excluding carboxylic acids is 2. The van der Waals surface area contributed by atoms with E-state index in [0.717, 1.165) is 11.6 Å². The average molecular weight is 342 g/mol. The Bertz CT molecular complexity index is 774. The zero-order valence-electron chi connectivity index (χ0n) is 13.7. The van der Waals surface area contributed by atoms with Crippen molar-refractivity contribution >= 4 is 17.6 Å². The molecule has 0 heterocycles. The molecule has 0 aliphatic heterocycles. The number of ether oxygens (including phenoxy) is 1. The number of nitrogens with one attached hydrogen (secondary N) is 1. The van der Waals surface area contributed by atoms with Gasteiger partial charge in [0.1, 0.15) is 0 Å². The zero-order chi connectivity index (χ0) is 18.2. The summed E-state index contributed by atoms with van der Waals surface area (Å²) >= 11 is 0. The number of hydrogen-bond donors (Lipinski definition) is 1. The number of rotatable bonds is 7. The maximum absolute atomic E-state index is 12.0. The van der Waals surface area contributed by atoms with Crippen LogP contribution in [0.2, 0.25) is 0 Å². The minimum Gasteiger partial charge on any atom is -0.419 e. The van der Waals surface area contributed by atoms with Crippen molar-refractivity contribution in [1.82, 2.24) is 5.32 Å². The summed E-state index contributed by atoms with van der Waals surface area (Å²) in [6.45, 7) is 2.15. The third kappa shape index (κ3) is 5.13. The molecule has 0 atom stereocenters. The number of carbonyl (C=O) groups is 2. The molecule has 1 amide bonds. The number of esters is 1. The Morgan fingerprint density at radius 1 is 1.16 bits per heavy atom. The molecule has 0 aliphatic rings. The molecule has 130 valence electrons. The van der Waals surface area contributed by atoms with Crippen LogP contribution in [0.4, 0.5) is 5.69 Å². The molecule has 0 spiro atoms. The predicted octanol–water partition coefficient (Wildman–Crippen LogP) is 2.88. The van der Waals surface area contributed by atoms with Gasteiger partial charge in [0.15, 0.2) is 0 Å². The minimum absolute atomic E-state index is 0.0965. The number of nitro groups is 1. The first-order chi connectivity index (χ1) is 12.0. The van der Waals surface area contributed by atoms with Crippen LogP contribution in [0.15, 0.2) is 48.5 Å². The lowest BCUT2D eigenvalue weighted by molar-refractivity contribution is -0.385. The van der Waals surface area contributed by atoms with Gasteiger partial charge in [0, 0.05) is 24.6 Å². The van der Waals surface area contributed by atoms with E-state index in [1.165, 1.54) is 12.1 Å². The normalized spacial score (nSPS) is 10.1. The van der Waals surface area contributed by atoms with Crippen LogP contribution in [0, 0.1) is 10.1 Å². The van der Waals surface area contributed by atoms with Crippen LogP contribution < -0.4 is 10.1 Å². The maximum atomic E-state index is 12.0. The number of hydrogen-bond acceptors (Lipinski definition) is 5. The van der Waals surface area contributed by atoms with Gasteiger partial charge in [0.25, 0.3) is 5.91 Å². The van der Waals surface area contributed by atoms with E-state index in [1.54, 1.807) is 6.92 Å². The van der Waals surface area contributed by atoms with Crippen LogP contribution in [-0.4, -0.2) is 23.3 Å². The lowest BCUT2D eigenvalue weighted by atomic mass is 10.1. The van der Waals surface area contributed by atoms with Crippen LogP contribution in [-0.2, 0) is 11.2 Å². The molecule has 25 heavy (non-hydrogen) atoms. The first-order valence-corrected chi connectivity index (χ1v) is 7.82. The van der Waals surface area contributed by atoms with Crippen molar-refractivity contribution in [2.45, 2.75) is 19.8 Å². The van der Waals surface area contributed by atoms with Crippen molar-refractivity contribution in [2.24, 2.45) is 0 Å². The fourth-order valence-electron chi connectivity index (χ4n) is 2.21. The van der Waals surface area contributed by atoms with E-state index in [-0.39, 0.29) is 17.7 Å². The topological polar surface area (TPSA) is 98.5 Å². The highest BCUT2D eigenvalue weighted by atomic mass is 16.6. The van der Waals surface area contributed by atoms with Crippen LogP contribution in [0.5, 0.6) is 5.75 Å². The molecule has 0 aliphatic carbocycles. The van der Waals surface area contributed by atoms with Gasteiger partial charge in [0.2, 0.25) is 5.75 Å². The molecule has 2 rings (SSSR count). The SMILES string of the molecule is CCNC(=O)c1ccc(OC(=O)CCc2ccccc2)c([N+](=O)[O-])c1. The first-order valence-electron chi connectivity index (χ1n) is 7.82. The van der Waals surface area contributed by atoms with Gasteiger partial charge in [-0.3, -0.25) is 19.7 Å². The standard InChI is InChI=1S/C18H18N2O5/c1-2-19-18(22)14-9-10-16(15(12-14)20(23)24)25-17(21)11-8-13-6-4-3-5-7-13/h3-7,9-10,12H,2,8,11H2,1H3,(H,19,22). The third-order valence-corrected chi connectivity index (χ3v) is 3.44. The summed E-state index contributed by atoms with van der Waals surface area (Å²) in [7, 11) is 0. The number of amides is 1. The van der Waals surface area contributed by atoms with Crippen molar-refractivity contribution in [2.75, 3.05) is 6.54 Å². The first kappa shape index (κ1) is 18.1. The van der Waals surface area contributed by atoms with Gasteiger partial charge in [-0.1, -0.05) is 30.3 Å². The van der Waals surface area contributed by atoms with Crippen LogP contribution >= 0.6 is 0 Å². The highest BCUT2D eigenvalue weighted by Crippen LogP contribution is 2.28. The summed E-state index contributed by atoms with van der Waals surface area (Å²) in [5.74, 6) is -1.17. The van der Waals surface area contributed by atoms with E-state index >= 15 is 0 Å². The third-order valence-electron chi connectivity index (χ3n) is 3.44. The molecule has 0 radical (unpaired) electrons. The molecule has 2 aromatic rings. The highest BCUT2D eigenvalue weighted by Gasteiger charge is 2.20. The van der Waals surface area contributed by atoms with Gasteiger partial charge < -0.3 is 10.1 Å². The quantitative estimate of drug-likeness (QED) is 0.361. The van der Waals surface area contributed by atoms with Crippen molar-refractivity contribution < 1.29 is 19.2 Å². The molecule has 0 saturated heterocycles. The molecule has 0 saturated carbocycles. The largest absolute Gasteiger partial charge is 0.419 e. The Kier molecular flexibility index (Phi) is 6.22. The van der Waals surface area contributed by atoms with E-state index in [2.05, 4.69) is 5.32 Å². The van der Waals surface area contributed by atoms with Crippen molar-refractivity contribution in [1.29, 1.82) is 0 Å². The fourth-order valence-corrected chi connectivity index (χ4v) is 2.21. The van der Waals surface area contributed by atoms with E-state index in [0.29, 0.717) is 13.0 Å². The number of nitro benzene ring substituents is 1. The maximum Gasteiger partial charge on any atom is 0.312 e. The molecule has 0 unspecified atom stereocenters. The summed E-state index contributed by atoms with van der Waals surface area (Å²) < 4.78 is 5.11. The second-order valence-electron chi connectivity index (χ2n) is 5.26. The van der Waals surface area contributed by atoms with Crippen molar-refractivity contribution in [3.63, 3.8) is 0 Å². The van der Waals surface area contributed by atoms with Crippen molar-refractivity contribution in [3.8, 4) is 5.75 Å². The number of benzene rings is 2. The lowest BCUT2D eigenvalue weighted by Crippen LogP contribution is -2.22. The Labute approximate surface area is 144 Å². The van der Waals surface area contributed by atoms with E-state index < -0.39 is 22.5 Å². The second-order valence-corrected chi connectivity index (χ2v) is 5.26. The van der Waals surface area contributed by atoms with Gasteiger partial charge in [-0.2, -0.15) is 0 Å². The molecule has 0 fully saturated rings. The van der Waals surface area contributed by atoms with Gasteiger partial charge in [0.05, 0.1) is 4.92 Å². The summed E-state index contributed by atoms with van der Waals surface area (Å²) in [6, 6.07) is 13.1. The molecule has 0 bridgehead atoms. The minimum atomic E-state index is -0.678. The van der Waals surface area contributed by atoms with Crippen molar-refractivity contribution in [3.05, 3.63) is 69.8 Å².